The number of thiazole rings is 1. The summed E-state index contributed by atoms with van der Waals surface area (Å²) in [5, 5.41) is 6.61. The molecule has 0 spiro atoms. The number of pyridine rings is 1. The molecule has 2 aromatic heterocycles. The first kappa shape index (κ1) is 12.8. The van der Waals surface area contributed by atoms with Crippen molar-refractivity contribution in [1.29, 1.82) is 0 Å². The van der Waals surface area contributed by atoms with Crippen molar-refractivity contribution in [2.24, 2.45) is 0 Å². The lowest BCUT2D eigenvalue weighted by Crippen LogP contribution is -1.99. The minimum absolute atomic E-state index is 0.794. The van der Waals surface area contributed by atoms with Crippen molar-refractivity contribution in [2.45, 2.75) is 13.5 Å². The van der Waals surface area contributed by atoms with E-state index in [0.29, 0.717) is 0 Å². The molecule has 4 heteroatoms. The first-order chi connectivity index (χ1) is 9.81. The molecule has 0 unspecified atom stereocenters. The molecule has 0 radical (unpaired) electrons. The van der Waals surface area contributed by atoms with Gasteiger partial charge in [-0.1, -0.05) is 12.1 Å². The van der Waals surface area contributed by atoms with Crippen LogP contribution >= 0.6 is 11.3 Å². The summed E-state index contributed by atoms with van der Waals surface area (Å²) in [7, 11) is 0. The van der Waals surface area contributed by atoms with Gasteiger partial charge in [0.15, 0.2) is 0 Å². The van der Waals surface area contributed by atoms with E-state index in [2.05, 4.69) is 44.9 Å². The molecule has 0 saturated heterocycles. The highest BCUT2D eigenvalue weighted by atomic mass is 32.1. The number of hydrogen-bond acceptors (Lipinski definition) is 4. The number of rotatable bonds is 4. The smallest absolute Gasteiger partial charge is 0.0901 e. The summed E-state index contributed by atoms with van der Waals surface area (Å²) in [4.78, 5) is 8.54. The Kier molecular flexibility index (Phi) is 3.74. The molecule has 1 N–H and O–H groups in total. The van der Waals surface area contributed by atoms with Crippen LogP contribution in [0.5, 0.6) is 0 Å². The van der Waals surface area contributed by atoms with Gasteiger partial charge in [0.05, 0.1) is 10.7 Å². The number of aromatic nitrogens is 2. The molecule has 100 valence electrons. The van der Waals surface area contributed by atoms with Crippen LogP contribution in [-0.2, 0) is 6.54 Å². The summed E-state index contributed by atoms with van der Waals surface area (Å²) >= 11 is 1.68. The van der Waals surface area contributed by atoms with Crippen molar-refractivity contribution in [1.82, 2.24) is 9.97 Å². The van der Waals surface area contributed by atoms with Crippen LogP contribution in [0.4, 0.5) is 5.69 Å². The van der Waals surface area contributed by atoms with Gasteiger partial charge in [0, 0.05) is 35.6 Å². The van der Waals surface area contributed by atoms with E-state index in [4.69, 9.17) is 0 Å². The van der Waals surface area contributed by atoms with Crippen molar-refractivity contribution < 1.29 is 0 Å². The SMILES string of the molecule is Cc1nc(-c2cccc(NCc3ccncc3)c2)cs1. The number of nitrogens with zero attached hydrogens (tertiary/aromatic N) is 2. The molecule has 2 heterocycles. The standard InChI is InChI=1S/C16H15N3S/c1-12-19-16(11-20-12)14-3-2-4-15(9-14)18-10-13-5-7-17-8-6-13/h2-9,11,18H,10H2,1H3. The number of nitrogens with one attached hydrogen (secondary N) is 1. The summed E-state index contributed by atoms with van der Waals surface area (Å²) in [6, 6.07) is 12.4. The predicted molar refractivity (Wildman–Crippen MR) is 83.9 cm³/mol. The lowest BCUT2D eigenvalue weighted by Gasteiger charge is -2.07. The van der Waals surface area contributed by atoms with E-state index in [9.17, 15) is 0 Å². The monoisotopic (exact) mass is 281 g/mol. The Hall–Kier alpha value is -2.20. The molecule has 0 amide bonds. The molecule has 0 atom stereocenters. The minimum Gasteiger partial charge on any atom is -0.381 e. The van der Waals surface area contributed by atoms with E-state index in [1.807, 2.05) is 31.5 Å². The Labute approximate surface area is 122 Å². The first-order valence-electron chi connectivity index (χ1n) is 6.46. The van der Waals surface area contributed by atoms with Crippen LogP contribution in [0.3, 0.4) is 0 Å². The van der Waals surface area contributed by atoms with Crippen molar-refractivity contribution in [3.05, 3.63) is 64.7 Å². The van der Waals surface area contributed by atoms with Crippen LogP contribution in [0.15, 0.2) is 54.2 Å². The number of hydrogen-bond donors (Lipinski definition) is 1. The Morgan fingerprint density at radius 3 is 2.75 bits per heavy atom. The fourth-order valence-corrected chi connectivity index (χ4v) is 2.61. The zero-order valence-corrected chi connectivity index (χ0v) is 12.0. The largest absolute Gasteiger partial charge is 0.381 e. The van der Waals surface area contributed by atoms with Gasteiger partial charge >= 0.3 is 0 Å². The summed E-state index contributed by atoms with van der Waals surface area (Å²) in [6.45, 7) is 2.82. The zero-order valence-electron chi connectivity index (χ0n) is 11.2. The normalized spacial score (nSPS) is 10.4. The molecule has 0 aliphatic carbocycles. The maximum absolute atomic E-state index is 4.52. The van der Waals surface area contributed by atoms with Crippen molar-refractivity contribution in [2.75, 3.05) is 5.32 Å². The molecule has 0 fully saturated rings. The second kappa shape index (κ2) is 5.84. The lowest BCUT2D eigenvalue weighted by atomic mass is 10.1. The summed E-state index contributed by atoms with van der Waals surface area (Å²) in [6.07, 6.45) is 3.62. The van der Waals surface area contributed by atoms with E-state index in [1.54, 1.807) is 11.3 Å². The third-order valence-electron chi connectivity index (χ3n) is 3.02. The summed E-state index contributed by atoms with van der Waals surface area (Å²) in [5.41, 5.74) is 4.51. The Morgan fingerprint density at radius 1 is 1.15 bits per heavy atom. The summed E-state index contributed by atoms with van der Waals surface area (Å²) < 4.78 is 0. The third-order valence-corrected chi connectivity index (χ3v) is 3.80. The van der Waals surface area contributed by atoms with Gasteiger partial charge in [-0.25, -0.2) is 4.98 Å². The lowest BCUT2D eigenvalue weighted by molar-refractivity contribution is 1.13. The molecular weight excluding hydrogens is 266 g/mol. The molecule has 1 aromatic carbocycles. The topological polar surface area (TPSA) is 37.8 Å². The van der Waals surface area contributed by atoms with Crippen LogP contribution < -0.4 is 5.32 Å². The second-order valence-electron chi connectivity index (χ2n) is 4.54. The van der Waals surface area contributed by atoms with E-state index in [1.165, 1.54) is 5.56 Å². The van der Waals surface area contributed by atoms with E-state index < -0.39 is 0 Å². The number of benzene rings is 1. The molecule has 0 bridgehead atoms. The Balaban J connectivity index is 1.75. The van der Waals surface area contributed by atoms with E-state index >= 15 is 0 Å². The highest BCUT2D eigenvalue weighted by molar-refractivity contribution is 7.09. The van der Waals surface area contributed by atoms with Gasteiger partial charge < -0.3 is 5.32 Å². The van der Waals surface area contributed by atoms with Crippen LogP contribution in [0.1, 0.15) is 10.6 Å². The van der Waals surface area contributed by atoms with Crippen LogP contribution in [0.2, 0.25) is 0 Å². The number of aryl methyl sites for hydroxylation is 1. The molecular formula is C16H15N3S. The predicted octanol–water partition coefficient (Wildman–Crippen LogP) is 4.13. The Bertz CT molecular complexity index is 692. The van der Waals surface area contributed by atoms with E-state index in [0.717, 1.165) is 28.5 Å². The van der Waals surface area contributed by atoms with Crippen molar-refractivity contribution in [3.8, 4) is 11.3 Å². The maximum Gasteiger partial charge on any atom is 0.0901 e. The van der Waals surface area contributed by atoms with Crippen LogP contribution in [0.25, 0.3) is 11.3 Å². The van der Waals surface area contributed by atoms with Crippen LogP contribution in [0, 0.1) is 6.92 Å². The quantitative estimate of drug-likeness (QED) is 0.781. The zero-order chi connectivity index (χ0) is 13.8. The molecule has 0 saturated carbocycles. The van der Waals surface area contributed by atoms with Crippen LogP contribution in [-0.4, -0.2) is 9.97 Å². The average molecular weight is 281 g/mol. The molecule has 3 nitrogen and oxygen atoms in total. The van der Waals surface area contributed by atoms with Crippen molar-refractivity contribution >= 4 is 17.0 Å². The fourth-order valence-electron chi connectivity index (χ4n) is 1.99. The van der Waals surface area contributed by atoms with Gasteiger partial charge in [0.2, 0.25) is 0 Å². The maximum atomic E-state index is 4.52. The molecule has 0 aliphatic rings. The molecule has 3 aromatic rings. The third kappa shape index (κ3) is 3.03. The fraction of sp³-hybridized carbons (Fsp3) is 0.125. The second-order valence-corrected chi connectivity index (χ2v) is 5.60. The highest BCUT2D eigenvalue weighted by Crippen LogP contribution is 2.24. The van der Waals surface area contributed by atoms with E-state index in [-0.39, 0.29) is 0 Å². The van der Waals surface area contributed by atoms with Gasteiger partial charge in [-0.2, -0.15) is 0 Å². The molecule has 0 aliphatic heterocycles. The highest BCUT2D eigenvalue weighted by Gasteiger charge is 2.03. The minimum atomic E-state index is 0.794. The number of anilines is 1. The van der Waals surface area contributed by atoms with Gasteiger partial charge in [-0.15, -0.1) is 11.3 Å². The Morgan fingerprint density at radius 2 is 2.00 bits per heavy atom. The van der Waals surface area contributed by atoms with Crippen molar-refractivity contribution in [3.63, 3.8) is 0 Å². The van der Waals surface area contributed by atoms with Gasteiger partial charge in [0.1, 0.15) is 0 Å². The molecule has 20 heavy (non-hydrogen) atoms. The molecule has 3 rings (SSSR count). The average Bonchev–Trinajstić information content (AvgIpc) is 2.93. The van der Waals surface area contributed by atoms with Gasteiger partial charge in [-0.3, -0.25) is 4.98 Å². The van der Waals surface area contributed by atoms with Gasteiger partial charge in [0.25, 0.3) is 0 Å². The summed E-state index contributed by atoms with van der Waals surface area (Å²) in [5.74, 6) is 0. The first-order valence-corrected chi connectivity index (χ1v) is 7.34. The van der Waals surface area contributed by atoms with Gasteiger partial charge in [-0.05, 0) is 36.8 Å².